The van der Waals surface area contributed by atoms with Crippen LogP contribution in [0, 0.1) is 5.82 Å². The number of rotatable bonds is 4. The van der Waals surface area contributed by atoms with E-state index in [-0.39, 0.29) is 5.82 Å². The molecule has 0 amide bonds. The molecular formula is C18H25FN2. The van der Waals surface area contributed by atoms with E-state index >= 15 is 0 Å². The van der Waals surface area contributed by atoms with E-state index in [2.05, 4.69) is 22.0 Å². The van der Waals surface area contributed by atoms with E-state index in [0.717, 1.165) is 18.2 Å². The average Bonchev–Trinajstić information content (AvgIpc) is 3.04. The molecule has 21 heavy (non-hydrogen) atoms. The normalized spacial score (nSPS) is 24.9. The molecule has 3 heteroatoms. The first-order valence-electron chi connectivity index (χ1n) is 8.20. The quantitative estimate of drug-likeness (QED) is 0.838. The molecule has 0 radical (unpaired) electrons. The average molecular weight is 288 g/mol. The van der Waals surface area contributed by atoms with Gasteiger partial charge in [-0.25, -0.2) is 4.39 Å². The summed E-state index contributed by atoms with van der Waals surface area (Å²) in [5.74, 6) is -0.170. The summed E-state index contributed by atoms with van der Waals surface area (Å²) in [7, 11) is 0. The molecule has 2 fully saturated rings. The molecule has 114 valence electrons. The van der Waals surface area contributed by atoms with E-state index in [0.29, 0.717) is 0 Å². The molecular weight excluding hydrogens is 263 g/mol. The lowest BCUT2D eigenvalue weighted by atomic mass is 10.0. The van der Waals surface area contributed by atoms with Gasteiger partial charge in [0.2, 0.25) is 0 Å². The Morgan fingerprint density at radius 1 is 1.05 bits per heavy atom. The van der Waals surface area contributed by atoms with Crippen molar-refractivity contribution in [1.82, 2.24) is 9.80 Å². The van der Waals surface area contributed by atoms with Crippen LogP contribution in [-0.4, -0.2) is 48.6 Å². The standard InChI is InChI=1S/C18H25FN2/c19-17-9-7-16(8-10-17)5-3-11-20-12-4-6-18(15-20)21-13-1-2-14-21/h3,5,7-10,18H,1-2,4,6,11-15H2/b5-3+/t18-/m0/s1. The Hall–Kier alpha value is -1.19. The molecule has 0 spiro atoms. The summed E-state index contributed by atoms with van der Waals surface area (Å²) >= 11 is 0. The molecule has 1 atom stereocenters. The molecule has 3 rings (SSSR count). The summed E-state index contributed by atoms with van der Waals surface area (Å²) in [6.45, 7) is 6.00. The van der Waals surface area contributed by atoms with E-state index in [1.165, 1.54) is 64.0 Å². The fourth-order valence-corrected chi connectivity index (χ4v) is 3.51. The summed E-state index contributed by atoms with van der Waals surface area (Å²) in [5.41, 5.74) is 1.07. The molecule has 0 aliphatic carbocycles. The van der Waals surface area contributed by atoms with Gasteiger partial charge >= 0.3 is 0 Å². The summed E-state index contributed by atoms with van der Waals surface area (Å²) in [4.78, 5) is 5.22. The largest absolute Gasteiger partial charge is 0.299 e. The van der Waals surface area contributed by atoms with Gasteiger partial charge in [-0.3, -0.25) is 9.80 Å². The molecule has 1 aromatic rings. The summed E-state index contributed by atoms with van der Waals surface area (Å²) < 4.78 is 12.9. The lowest BCUT2D eigenvalue weighted by Gasteiger charge is -2.37. The van der Waals surface area contributed by atoms with Crippen LogP contribution in [0.2, 0.25) is 0 Å². The van der Waals surface area contributed by atoms with Gasteiger partial charge in [-0.1, -0.05) is 24.3 Å². The second-order valence-corrected chi connectivity index (χ2v) is 6.25. The van der Waals surface area contributed by atoms with Crippen molar-refractivity contribution < 1.29 is 4.39 Å². The predicted molar refractivity (Wildman–Crippen MR) is 85.7 cm³/mol. The second-order valence-electron chi connectivity index (χ2n) is 6.25. The number of piperidine rings is 1. The Morgan fingerprint density at radius 3 is 2.57 bits per heavy atom. The summed E-state index contributed by atoms with van der Waals surface area (Å²) in [6.07, 6.45) is 9.73. The van der Waals surface area contributed by atoms with E-state index in [4.69, 9.17) is 0 Å². The number of likely N-dealkylation sites (tertiary alicyclic amines) is 2. The Bertz CT molecular complexity index is 463. The van der Waals surface area contributed by atoms with Crippen LogP contribution in [0.1, 0.15) is 31.2 Å². The van der Waals surface area contributed by atoms with Crippen molar-refractivity contribution in [2.75, 3.05) is 32.7 Å². The predicted octanol–water partition coefficient (Wildman–Crippen LogP) is 3.40. The Balaban J connectivity index is 1.49. The fraction of sp³-hybridized carbons (Fsp3) is 0.556. The van der Waals surface area contributed by atoms with Crippen molar-refractivity contribution in [2.24, 2.45) is 0 Å². The van der Waals surface area contributed by atoms with E-state index in [9.17, 15) is 4.39 Å². The zero-order valence-corrected chi connectivity index (χ0v) is 12.7. The molecule has 0 N–H and O–H groups in total. The Kier molecular flexibility index (Phi) is 5.04. The van der Waals surface area contributed by atoms with Crippen LogP contribution in [0.3, 0.4) is 0 Å². The van der Waals surface area contributed by atoms with Crippen LogP contribution in [0.15, 0.2) is 30.3 Å². The van der Waals surface area contributed by atoms with Crippen LogP contribution in [0.25, 0.3) is 6.08 Å². The number of nitrogens with zero attached hydrogens (tertiary/aromatic N) is 2. The number of halogens is 1. The maximum atomic E-state index is 12.9. The number of hydrogen-bond acceptors (Lipinski definition) is 2. The first-order valence-corrected chi connectivity index (χ1v) is 8.20. The fourth-order valence-electron chi connectivity index (χ4n) is 3.51. The first kappa shape index (κ1) is 14.7. The van der Waals surface area contributed by atoms with Crippen molar-refractivity contribution in [3.05, 3.63) is 41.7 Å². The molecule has 2 heterocycles. The van der Waals surface area contributed by atoms with Crippen molar-refractivity contribution >= 4 is 6.08 Å². The van der Waals surface area contributed by atoms with Crippen LogP contribution in [0.5, 0.6) is 0 Å². The minimum atomic E-state index is -0.170. The second kappa shape index (κ2) is 7.19. The summed E-state index contributed by atoms with van der Waals surface area (Å²) in [5, 5.41) is 0. The third kappa shape index (κ3) is 4.14. The van der Waals surface area contributed by atoms with Crippen LogP contribution < -0.4 is 0 Å². The van der Waals surface area contributed by atoms with Gasteiger partial charge in [-0.05, 0) is 63.0 Å². The lowest BCUT2D eigenvalue weighted by Crippen LogP contribution is -2.46. The highest BCUT2D eigenvalue weighted by atomic mass is 19.1. The van der Waals surface area contributed by atoms with Gasteiger partial charge in [0.05, 0.1) is 0 Å². The maximum absolute atomic E-state index is 12.9. The topological polar surface area (TPSA) is 6.48 Å². The van der Waals surface area contributed by atoms with E-state index in [1.54, 1.807) is 0 Å². The maximum Gasteiger partial charge on any atom is 0.123 e. The number of benzene rings is 1. The highest BCUT2D eigenvalue weighted by molar-refractivity contribution is 5.48. The molecule has 0 aromatic heterocycles. The zero-order chi connectivity index (χ0) is 14.5. The zero-order valence-electron chi connectivity index (χ0n) is 12.7. The molecule has 2 nitrogen and oxygen atoms in total. The van der Waals surface area contributed by atoms with Crippen LogP contribution in [-0.2, 0) is 0 Å². The highest BCUT2D eigenvalue weighted by Gasteiger charge is 2.26. The van der Waals surface area contributed by atoms with Gasteiger partial charge in [0.25, 0.3) is 0 Å². The van der Waals surface area contributed by atoms with Crippen LogP contribution >= 0.6 is 0 Å². The lowest BCUT2D eigenvalue weighted by molar-refractivity contribution is 0.124. The molecule has 0 saturated carbocycles. The third-order valence-corrected chi connectivity index (χ3v) is 4.68. The monoisotopic (exact) mass is 288 g/mol. The Morgan fingerprint density at radius 2 is 1.81 bits per heavy atom. The van der Waals surface area contributed by atoms with Gasteiger partial charge in [-0.2, -0.15) is 0 Å². The molecule has 2 aliphatic rings. The van der Waals surface area contributed by atoms with Crippen molar-refractivity contribution in [1.29, 1.82) is 0 Å². The first-order chi connectivity index (χ1) is 10.3. The molecule has 1 aromatic carbocycles. The minimum Gasteiger partial charge on any atom is -0.299 e. The van der Waals surface area contributed by atoms with Gasteiger partial charge in [0.15, 0.2) is 0 Å². The van der Waals surface area contributed by atoms with Gasteiger partial charge in [0.1, 0.15) is 5.82 Å². The third-order valence-electron chi connectivity index (χ3n) is 4.68. The molecule has 2 aliphatic heterocycles. The number of hydrogen-bond donors (Lipinski definition) is 0. The van der Waals surface area contributed by atoms with Gasteiger partial charge < -0.3 is 0 Å². The smallest absolute Gasteiger partial charge is 0.123 e. The molecule has 0 unspecified atom stereocenters. The van der Waals surface area contributed by atoms with Crippen molar-refractivity contribution in [3.63, 3.8) is 0 Å². The minimum absolute atomic E-state index is 0.170. The van der Waals surface area contributed by atoms with Crippen LogP contribution in [0.4, 0.5) is 4.39 Å². The Labute approximate surface area is 127 Å². The SMILES string of the molecule is Fc1ccc(/C=C/CN2CCC[C@H](N3CCCC3)C2)cc1. The van der Waals surface area contributed by atoms with E-state index < -0.39 is 0 Å². The molecule has 2 saturated heterocycles. The molecule has 0 bridgehead atoms. The van der Waals surface area contributed by atoms with E-state index in [1.807, 2.05) is 12.1 Å². The summed E-state index contributed by atoms with van der Waals surface area (Å²) in [6, 6.07) is 7.46. The van der Waals surface area contributed by atoms with Gasteiger partial charge in [0, 0.05) is 19.1 Å². The van der Waals surface area contributed by atoms with Crippen molar-refractivity contribution in [2.45, 2.75) is 31.7 Å². The van der Waals surface area contributed by atoms with Crippen molar-refractivity contribution in [3.8, 4) is 0 Å². The van der Waals surface area contributed by atoms with Gasteiger partial charge in [-0.15, -0.1) is 0 Å². The highest BCUT2D eigenvalue weighted by Crippen LogP contribution is 2.20.